The third-order valence-electron chi connectivity index (χ3n) is 3.47. The smallest absolute Gasteiger partial charge is 0.127 e. The summed E-state index contributed by atoms with van der Waals surface area (Å²) in [4.78, 5) is 2.03. The zero-order valence-corrected chi connectivity index (χ0v) is 11.3. The lowest BCUT2D eigenvalue weighted by Crippen LogP contribution is -2.32. The molecule has 1 aliphatic carbocycles. The molecule has 0 heterocycles. The maximum Gasteiger partial charge on any atom is 0.127 e. The molecule has 0 amide bonds. The van der Waals surface area contributed by atoms with Crippen LogP contribution in [0.3, 0.4) is 0 Å². The maximum absolute atomic E-state index is 13.5. The summed E-state index contributed by atoms with van der Waals surface area (Å²) in [6.45, 7) is 1.35. The van der Waals surface area contributed by atoms with Crippen LogP contribution >= 0.6 is 11.6 Å². The Kier molecular flexibility index (Phi) is 4.60. The minimum absolute atomic E-state index is 0.244. The quantitative estimate of drug-likeness (QED) is 0.860. The van der Waals surface area contributed by atoms with E-state index in [0.29, 0.717) is 36.0 Å². The topological polar surface area (TPSA) is 23.5 Å². The van der Waals surface area contributed by atoms with E-state index in [9.17, 15) is 9.50 Å². The summed E-state index contributed by atoms with van der Waals surface area (Å²) in [6.07, 6.45) is 2.59. The molecule has 0 aromatic heterocycles. The van der Waals surface area contributed by atoms with Crippen molar-refractivity contribution in [3.63, 3.8) is 0 Å². The Morgan fingerprint density at radius 2 is 2.22 bits per heavy atom. The molecule has 1 fully saturated rings. The molecule has 1 N–H and O–H groups in total. The number of likely N-dealkylation sites (N-methyl/N-ethyl adjacent to an activating group) is 1. The number of rotatable bonds is 6. The van der Waals surface area contributed by atoms with E-state index in [4.69, 9.17) is 11.6 Å². The Balaban J connectivity index is 1.83. The van der Waals surface area contributed by atoms with Crippen LogP contribution in [0.4, 0.5) is 4.39 Å². The lowest BCUT2D eigenvalue weighted by molar-refractivity contribution is 0.107. The van der Waals surface area contributed by atoms with Gasteiger partial charge in [0.15, 0.2) is 0 Å². The second kappa shape index (κ2) is 6.00. The van der Waals surface area contributed by atoms with Gasteiger partial charge in [0.1, 0.15) is 5.82 Å². The van der Waals surface area contributed by atoms with E-state index < -0.39 is 0 Å². The minimum Gasteiger partial charge on any atom is -0.392 e. The molecule has 1 unspecified atom stereocenters. The van der Waals surface area contributed by atoms with E-state index in [1.807, 2.05) is 11.9 Å². The Bertz CT molecular complexity index is 389. The molecule has 2 nitrogen and oxygen atoms in total. The summed E-state index contributed by atoms with van der Waals surface area (Å²) in [5, 5.41) is 10.3. The Labute approximate surface area is 112 Å². The Morgan fingerprint density at radius 3 is 2.83 bits per heavy atom. The number of benzene rings is 1. The molecule has 1 aromatic carbocycles. The molecule has 100 valence electrons. The van der Waals surface area contributed by atoms with Crippen molar-refractivity contribution in [2.75, 3.05) is 20.1 Å². The van der Waals surface area contributed by atoms with Crippen LogP contribution in [-0.4, -0.2) is 36.2 Å². The molecule has 1 aliphatic rings. The van der Waals surface area contributed by atoms with Crippen LogP contribution < -0.4 is 0 Å². The average molecular weight is 272 g/mol. The van der Waals surface area contributed by atoms with Gasteiger partial charge in [-0.25, -0.2) is 4.39 Å². The third kappa shape index (κ3) is 3.67. The molecular weight excluding hydrogens is 253 g/mol. The van der Waals surface area contributed by atoms with Gasteiger partial charge < -0.3 is 10.0 Å². The largest absolute Gasteiger partial charge is 0.392 e. The molecule has 1 saturated carbocycles. The normalized spacial score (nSPS) is 17.2. The van der Waals surface area contributed by atoms with Gasteiger partial charge >= 0.3 is 0 Å². The first-order valence-corrected chi connectivity index (χ1v) is 6.75. The lowest BCUT2D eigenvalue weighted by Gasteiger charge is -2.20. The molecule has 2 rings (SSSR count). The highest BCUT2D eigenvalue weighted by atomic mass is 35.5. The van der Waals surface area contributed by atoms with Gasteiger partial charge in [-0.05, 0) is 44.4 Å². The zero-order chi connectivity index (χ0) is 13.1. The summed E-state index contributed by atoms with van der Waals surface area (Å²) < 4.78 is 13.5. The van der Waals surface area contributed by atoms with Crippen molar-refractivity contribution in [3.8, 4) is 0 Å². The Hall–Kier alpha value is -0.640. The number of nitrogens with zero attached hydrogens (tertiary/aromatic N) is 1. The highest BCUT2D eigenvalue weighted by Crippen LogP contribution is 2.32. The second-order valence-corrected chi connectivity index (χ2v) is 5.52. The van der Waals surface area contributed by atoms with Gasteiger partial charge in [-0.2, -0.15) is 0 Å². The first kappa shape index (κ1) is 13.8. The van der Waals surface area contributed by atoms with E-state index in [-0.39, 0.29) is 11.9 Å². The van der Waals surface area contributed by atoms with Crippen molar-refractivity contribution in [2.24, 2.45) is 5.92 Å². The predicted octanol–water partition coefficient (Wildman–Crippen LogP) is 2.72. The zero-order valence-electron chi connectivity index (χ0n) is 10.6. The van der Waals surface area contributed by atoms with Crippen LogP contribution in [0.25, 0.3) is 0 Å². The van der Waals surface area contributed by atoms with Crippen molar-refractivity contribution in [1.29, 1.82) is 0 Å². The molecule has 0 aliphatic heterocycles. The number of aliphatic hydroxyl groups excluding tert-OH is 1. The van der Waals surface area contributed by atoms with Crippen molar-refractivity contribution in [1.82, 2.24) is 4.90 Å². The third-order valence-corrected chi connectivity index (χ3v) is 3.82. The molecule has 0 radical (unpaired) electrons. The van der Waals surface area contributed by atoms with Crippen molar-refractivity contribution >= 4 is 11.6 Å². The maximum atomic E-state index is 13.5. The fourth-order valence-corrected chi connectivity index (χ4v) is 2.37. The van der Waals surface area contributed by atoms with Crippen LogP contribution in [0.15, 0.2) is 18.2 Å². The van der Waals surface area contributed by atoms with Crippen LogP contribution in [0.2, 0.25) is 5.02 Å². The SMILES string of the molecule is CN(CCc1c(F)cccc1Cl)CC(O)C1CC1. The van der Waals surface area contributed by atoms with Gasteiger partial charge in [-0.15, -0.1) is 0 Å². The second-order valence-electron chi connectivity index (χ2n) is 5.12. The minimum atomic E-state index is -0.251. The van der Waals surface area contributed by atoms with Gasteiger partial charge in [-0.3, -0.25) is 0 Å². The summed E-state index contributed by atoms with van der Waals surface area (Å²) in [7, 11) is 1.94. The predicted molar refractivity (Wildman–Crippen MR) is 71.3 cm³/mol. The van der Waals surface area contributed by atoms with E-state index in [1.54, 1.807) is 12.1 Å². The first-order valence-electron chi connectivity index (χ1n) is 6.37. The monoisotopic (exact) mass is 271 g/mol. The van der Waals surface area contributed by atoms with E-state index in [2.05, 4.69) is 0 Å². The van der Waals surface area contributed by atoms with Crippen molar-refractivity contribution in [3.05, 3.63) is 34.6 Å². The van der Waals surface area contributed by atoms with Crippen molar-refractivity contribution in [2.45, 2.75) is 25.4 Å². The molecular formula is C14H19ClFNO. The molecule has 0 spiro atoms. The first-order chi connectivity index (χ1) is 8.58. The number of hydrogen-bond donors (Lipinski definition) is 1. The highest BCUT2D eigenvalue weighted by Gasteiger charge is 2.30. The van der Waals surface area contributed by atoms with Crippen LogP contribution in [0.5, 0.6) is 0 Å². The van der Waals surface area contributed by atoms with E-state index in [0.717, 1.165) is 12.8 Å². The van der Waals surface area contributed by atoms with Gasteiger partial charge in [0, 0.05) is 23.7 Å². The van der Waals surface area contributed by atoms with E-state index in [1.165, 1.54) is 6.07 Å². The standard InChI is InChI=1S/C14H19ClFNO/c1-17(9-14(18)10-5-6-10)8-7-11-12(15)3-2-4-13(11)16/h2-4,10,14,18H,5-9H2,1H3. The fourth-order valence-electron chi connectivity index (χ4n) is 2.11. The molecule has 1 aromatic rings. The summed E-state index contributed by atoms with van der Waals surface area (Å²) in [5.41, 5.74) is 0.562. The molecule has 18 heavy (non-hydrogen) atoms. The van der Waals surface area contributed by atoms with Crippen molar-refractivity contribution < 1.29 is 9.50 Å². The van der Waals surface area contributed by atoms with Crippen LogP contribution in [-0.2, 0) is 6.42 Å². The lowest BCUT2D eigenvalue weighted by atomic mass is 10.1. The summed E-state index contributed by atoms with van der Waals surface area (Å²) in [6, 6.07) is 4.75. The van der Waals surface area contributed by atoms with Crippen LogP contribution in [0, 0.1) is 11.7 Å². The van der Waals surface area contributed by atoms with Gasteiger partial charge in [0.05, 0.1) is 6.10 Å². The fraction of sp³-hybridized carbons (Fsp3) is 0.571. The highest BCUT2D eigenvalue weighted by molar-refractivity contribution is 6.31. The van der Waals surface area contributed by atoms with Gasteiger partial charge in [0.25, 0.3) is 0 Å². The van der Waals surface area contributed by atoms with E-state index >= 15 is 0 Å². The Morgan fingerprint density at radius 1 is 1.50 bits per heavy atom. The van der Waals surface area contributed by atoms with Gasteiger partial charge in [0.2, 0.25) is 0 Å². The van der Waals surface area contributed by atoms with Gasteiger partial charge in [-0.1, -0.05) is 17.7 Å². The molecule has 0 bridgehead atoms. The van der Waals surface area contributed by atoms with Crippen LogP contribution in [0.1, 0.15) is 18.4 Å². The number of hydrogen-bond acceptors (Lipinski definition) is 2. The average Bonchev–Trinajstić information content (AvgIpc) is 3.12. The molecule has 0 saturated heterocycles. The summed E-state index contributed by atoms with van der Waals surface area (Å²) >= 11 is 5.97. The molecule has 1 atom stereocenters. The molecule has 4 heteroatoms. The summed E-state index contributed by atoms with van der Waals surface area (Å²) in [5.74, 6) is 0.225. The number of aliphatic hydroxyl groups is 1. The number of halogens is 2.